The number of aliphatic hydroxyl groups excluding tert-OH is 2. The van der Waals surface area contributed by atoms with Crippen LogP contribution in [-0.4, -0.2) is 53.0 Å². The molecule has 0 aliphatic carbocycles. The van der Waals surface area contributed by atoms with Gasteiger partial charge in [0.1, 0.15) is 5.76 Å². The summed E-state index contributed by atoms with van der Waals surface area (Å²) in [5, 5.41) is 29.5. The lowest BCUT2D eigenvalue weighted by atomic mass is 9.91. The van der Waals surface area contributed by atoms with Crippen molar-refractivity contribution in [3.05, 3.63) is 50.0 Å². The molecule has 0 spiro atoms. The number of hydrogen-bond acceptors (Lipinski definition) is 9. The Morgan fingerprint density at radius 1 is 1.23 bits per heavy atom. The summed E-state index contributed by atoms with van der Waals surface area (Å²) in [6, 6.07) is 3.13. The lowest BCUT2D eigenvalue weighted by molar-refractivity contribution is -0.385. The Hall–Kier alpha value is -2.15. The van der Waals surface area contributed by atoms with E-state index >= 15 is 0 Å². The molecule has 0 unspecified atom stereocenters. The number of thioether (sulfide) groups is 1. The topological polar surface area (TPSA) is 153 Å². The molecule has 1 heterocycles. The molecular formula is C18H24N2O8S2. The standard InChI is InChI=1S/C18H24N2O8S2/c1-18(2,3)16-13(11-29-8-6-21)17(23)19(28-16)14-5-4-12(10-15(14)20(24)25)30(26,27)9-7-22/h4-5,10,21-22H,6-9,11H2,1-3H3. The molecular weight excluding hydrogens is 436 g/mol. The first-order valence-corrected chi connectivity index (χ1v) is 11.8. The molecule has 2 rings (SSSR count). The van der Waals surface area contributed by atoms with Crippen LogP contribution in [0.4, 0.5) is 5.69 Å². The van der Waals surface area contributed by atoms with E-state index in [-0.39, 0.29) is 22.9 Å². The minimum absolute atomic E-state index is 0.0587. The number of nitro benzene ring substituents is 1. The first-order chi connectivity index (χ1) is 13.9. The van der Waals surface area contributed by atoms with Crippen molar-refractivity contribution in [3.63, 3.8) is 0 Å². The van der Waals surface area contributed by atoms with Crippen LogP contribution in [0.15, 0.2) is 32.4 Å². The molecule has 1 aromatic heterocycles. The van der Waals surface area contributed by atoms with E-state index in [4.69, 9.17) is 14.7 Å². The molecule has 30 heavy (non-hydrogen) atoms. The molecule has 2 N–H and O–H groups in total. The van der Waals surface area contributed by atoms with Crippen molar-refractivity contribution in [2.75, 3.05) is 24.7 Å². The van der Waals surface area contributed by atoms with E-state index in [0.29, 0.717) is 17.1 Å². The van der Waals surface area contributed by atoms with Crippen molar-refractivity contribution in [2.24, 2.45) is 0 Å². The Labute approximate surface area is 177 Å². The van der Waals surface area contributed by atoms with Crippen molar-refractivity contribution < 1.29 is 28.1 Å². The van der Waals surface area contributed by atoms with E-state index < -0.39 is 43.8 Å². The largest absolute Gasteiger partial charge is 0.396 e. The number of nitrogens with zero attached hydrogens (tertiary/aromatic N) is 2. The van der Waals surface area contributed by atoms with Gasteiger partial charge in [0, 0.05) is 23.0 Å². The van der Waals surface area contributed by atoms with Gasteiger partial charge < -0.3 is 14.7 Å². The van der Waals surface area contributed by atoms with E-state index in [1.165, 1.54) is 11.8 Å². The number of sulfone groups is 1. The Morgan fingerprint density at radius 3 is 2.43 bits per heavy atom. The van der Waals surface area contributed by atoms with Crippen LogP contribution >= 0.6 is 11.8 Å². The number of nitro groups is 1. The monoisotopic (exact) mass is 460 g/mol. The zero-order valence-electron chi connectivity index (χ0n) is 16.8. The van der Waals surface area contributed by atoms with E-state index in [1.54, 1.807) is 0 Å². The molecule has 12 heteroatoms. The number of aromatic nitrogens is 1. The highest BCUT2D eigenvalue weighted by molar-refractivity contribution is 7.98. The van der Waals surface area contributed by atoms with Gasteiger partial charge in [-0.15, -0.1) is 4.74 Å². The molecule has 0 aliphatic heterocycles. The summed E-state index contributed by atoms with van der Waals surface area (Å²) in [7, 11) is -3.92. The Morgan fingerprint density at radius 2 is 1.90 bits per heavy atom. The maximum absolute atomic E-state index is 13.0. The van der Waals surface area contributed by atoms with E-state index in [0.717, 1.165) is 22.9 Å². The molecule has 166 valence electrons. The summed E-state index contributed by atoms with van der Waals surface area (Å²) in [6.45, 7) is 4.80. The molecule has 0 saturated heterocycles. The third kappa shape index (κ3) is 5.12. The number of rotatable bonds is 9. The summed E-state index contributed by atoms with van der Waals surface area (Å²) in [4.78, 5) is 23.5. The predicted molar refractivity (Wildman–Crippen MR) is 112 cm³/mol. The average molecular weight is 461 g/mol. The van der Waals surface area contributed by atoms with Crippen LogP contribution < -0.4 is 5.56 Å². The van der Waals surface area contributed by atoms with Crippen LogP contribution in [0.2, 0.25) is 0 Å². The van der Waals surface area contributed by atoms with Crippen molar-refractivity contribution in [1.82, 2.24) is 4.74 Å². The van der Waals surface area contributed by atoms with E-state index in [1.807, 2.05) is 20.8 Å². The van der Waals surface area contributed by atoms with Crippen LogP contribution in [0.1, 0.15) is 32.1 Å². The minimum atomic E-state index is -3.92. The second kappa shape index (κ2) is 9.33. The molecule has 10 nitrogen and oxygen atoms in total. The fourth-order valence-corrected chi connectivity index (χ4v) is 4.55. The van der Waals surface area contributed by atoms with Crippen molar-refractivity contribution >= 4 is 27.3 Å². The third-order valence-corrected chi connectivity index (χ3v) is 6.80. The van der Waals surface area contributed by atoms with Gasteiger partial charge in [-0.2, -0.15) is 11.8 Å². The molecule has 0 saturated carbocycles. The molecule has 0 fully saturated rings. The Kier molecular flexibility index (Phi) is 7.50. The highest BCUT2D eigenvalue weighted by Crippen LogP contribution is 2.31. The summed E-state index contributed by atoms with van der Waals surface area (Å²) in [6.07, 6.45) is 0. The van der Waals surface area contributed by atoms with Gasteiger partial charge in [-0.05, 0) is 12.1 Å². The van der Waals surface area contributed by atoms with Crippen LogP contribution in [0.25, 0.3) is 5.69 Å². The van der Waals surface area contributed by atoms with Crippen molar-refractivity contribution in [1.29, 1.82) is 0 Å². The first-order valence-electron chi connectivity index (χ1n) is 9.00. The molecule has 1 aromatic carbocycles. The Balaban J connectivity index is 2.69. The van der Waals surface area contributed by atoms with Crippen LogP contribution in [0.5, 0.6) is 0 Å². The average Bonchev–Trinajstić information content (AvgIpc) is 2.98. The quantitative estimate of drug-likeness (QED) is 0.323. The predicted octanol–water partition coefficient (Wildman–Crippen LogP) is 1.63. The molecule has 0 radical (unpaired) electrons. The van der Waals surface area contributed by atoms with Gasteiger partial charge >= 0.3 is 0 Å². The third-order valence-electron chi connectivity index (χ3n) is 4.14. The highest BCUT2D eigenvalue weighted by atomic mass is 32.2. The summed E-state index contributed by atoms with van der Waals surface area (Å²) < 4.78 is 30.8. The number of aliphatic hydroxyl groups is 2. The van der Waals surface area contributed by atoms with Crippen LogP contribution in [-0.2, 0) is 21.0 Å². The molecule has 0 bridgehead atoms. The molecule has 0 aliphatic rings. The second-order valence-corrected chi connectivity index (χ2v) is 10.7. The van der Waals surface area contributed by atoms with Crippen molar-refractivity contribution in [2.45, 2.75) is 36.8 Å². The molecule has 0 amide bonds. The summed E-state index contributed by atoms with van der Waals surface area (Å²) in [5.41, 5.74) is -1.64. The van der Waals surface area contributed by atoms with Crippen molar-refractivity contribution in [3.8, 4) is 5.69 Å². The Bertz CT molecular complexity index is 1080. The normalized spacial score (nSPS) is 12.3. The fraction of sp³-hybridized carbons (Fsp3) is 0.500. The van der Waals surface area contributed by atoms with Gasteiger partial charge in [0.05, 0.1) is 34.3 Å². The van der Waals surface area contributed by atoms with Gasteiger partial charge in [0.25, 0.3) is 11.2 Å². The van der Waals surface area contributed by atoms with Gasteiger partial charge in [0.15, 0.2) is 15.5 Å². The van der Waals surface area contributed by atoms with E-state index in [9.17, 15) is 23.3 Å². The zero-order chi connectivity index (χ0) is 22.7. The molecule has 0 atom stereocenters. The smallest absolute Gasteiger partial charge is 0.297 e. The van der Waals surface area contributed by atoms with Gasteiger partial charge in [0.2, 0.25) is 0 Å². The maximum Gasteiger partial charge on any atom is 0.297 e. The second-order valence-electron chi connectivity index (χ2n) is 7.47. The lowest BCUT2D eigenvalue weighted by Crippen LogP contribution is -2.19. The molecule has 2 aromatic rings. The van der Waals surface area contributed by atoms with Gasteiger partial charge in [-0.25, -0.2) is 8.42 Å². The van der Waals surface area contributed by atoms with E-state index in [2.05, 4.69) is 0 Å². The lowest BCUT2D eigenvalue weighted by Gasteiger charge is -2.15. The van der Waals surface area contributed by atoms with Crippen LogP contribution in [0.3, 0.4) is 0 Å². The minimum Gasteiger partial charge on any atom is -0.396 e. The number of hydrogen-bond donors (Lipinski definition) is 2. The summed E-state index contributed by atoms with van der Waals surface area (Å²) >= 11 is 1.32. The maximum atomic E-state index is 13.0. The fourth-order valence-electron chi connectivity index (χ4n) is 2.77. The summed E-state index contributed by atoms with van der Waals surface area (Å²) in [5.74, 6) is 0.430. The number of benzene rings is 1. The highest BCUT2D eigenvalue weighted by Gasteiger charge is 2.31. The van der Waals surface area contributed by atoms with Gasteiger partial charge in [-0.1, -0.05) is 20.8 Å². The van der Waals surface area contributed by atoms with Gasteiger partial charge in [-0.3, -0.25) is 14.9 Å². The van der Waals surface area contributed by atoms with Crippen LogP contribution in [0, 0.1) is 10.1 Å². The SMILES string of the molecule is CC(C)(C)c1on(-c2ccc(S(=O)(=O)CCO)cc2[N+](=O)[O-])c(=O)c1CSCCO. The zero-order valence-corrected chi connectivity index (χ0v) is 18.5. The first kappa shape index (κ1) is 24.1.